The van der Waals surface area contributed by atoms with Crippen LogP contribution in [0.15, 0.2) is 18.2 Å². The van der Waals surface area contributed by atoms with Crippen LogP contribution in [0.25, 0.3) is 11.0 Å². The second kappa shape index (κ2) is 7.17. The standard InChI is InChI=1S/C19H23N3O3/c1-12-5-4-8-22(10-12)18(23)11-25-19(24)15-6-7-16-17(9-15)21-14(3)13(2)20-16/h6-7,9,12H,4-5,8,10-11H2,1-3H3/t12-/m0/s1. The summed E-state index contributed by atoms with van der Waals surface area (Å²) in [5.41, 5.74) is 3.45. The first kappa shape index (κ1) is 17.3. The summed E-state index contributed by atoms with van der Waals surface area (Å²) in [4.78, 5) is 35.1. The van der Waals surface area contributed by atoms with Crippen molar-refractivity contribution in [2.45, 2.75) is 33.6 Å². The number of esters is 1. The van der Waals surface area contributed by atoms with Crippen molar-refractivity contribution in [1.29, 1.82) is 0 Å². The van der Waals surface area contributed by atoms with Crippen LogP contribution in [-0.4, -0.2) is 46.4 Å². The minimum absolute atomic E-state index is 0.132. The predicted octanol–water partition coefficient (Wildman–Crippen LogP) is 2.66. The van der Waals surface area contributed by atoms with E-state index < -0.39 is 5.97 Å². The van der Waals surface area contributed by atoms with Gasteiger partial charge in [-0.25, -0.2) is 14.8 Å². The fourth-order valence-corrected chi connectivity index (χ4v) is 3.08. The van der Waals surface area contributed by atoms with Crippen LogP contribution in [0, 0.1) is 19.8 Å². The normalized spacial score (nSPS) is 17.6. The molecule has 0 saturated carbocycles. The third-order valence-corrected chi connectivity index (χ3v) is 4.65. The molecule has 1 aromatic heterocycles. The number of hydrogen-bond acceptors (Lipinski definition) is 5. The van der Waals surface area contributed by atoms with Crippen LogP contribution in [0.2, 0.25) is 0 Å². The van der Waals surface area contributed by atoms with Crippen molar-refractivity contribution in [3.63, 3.8) is 0 Å². The van der Waals surface area contributed by atoms with E-state index in [4.69, 9.17) is 4.74 Å². The quantitative estimate of drug-likeness (QED) is 0.803. The summed E-state index contributed by atoms with van der Waals surface area (Å²) >= 11 is 0. The van der Waals surface area contributed by atoms with Crippen LogP contribution in [0.5, 0.6) is 0 Å². The number of carbonyl (C=O) groups excluding carboxylic acids is 2. The van der Waals surface area contributed by atoms with Crippen LogP contribution < -0.4 is 0 Å². The van der Waals surface area contributed by atoms with Crippen molar-refractivity contribution < 1.29 is 14.3 Å². The van der Waals surface area contributed by atoms with Gasteiger partial charge in [0.1, 0.15) is 0 Å². The second-order valence-corrected chi connectivity index (χ2v) is 6.76. The summed E-state index contributed by atoms with van der Waals surface area (Å²) in [5.74, 6) is -0.147. The van der Waals surface area contributed by atoms with E-state index in [1.807, 2.05) is 13.8 Å². The summed E-state index contributed by atoms with van der Waals surface area (Å²) in [6, 6.07) is 5.06. The molecule has 1 fully saturated rings. The summed E-state index contributed by atoms with van der Waals surface area (Å²) in [7, 11) is 0. The molecule has 1 aliphatic heterocycles. The molecule has 0 unspecified atom stereocenters. The van der Waals surface area contributed by atoms with E-state index in [0.29, 0.717) is 17.0 Å². The van der Waals surface area contributed by atoms with Gasteiger partial charge in [-0.15, -0.1) is 0 Å². The van der Waals surface area contributed by atoms with E-state index >= 15 is 0 Å². The van der Waals surface area contributed by atoms with Gasteiger partial charge in [-0.05, 0) is 50.8 Å². The van der Waals surface area contributed by atoms with Crippen LogP contribution in [0.1, 0.15) is 41.5 Å². The van der Waals surface area contributed by atoms with Gasteiger partial charge in [-0.2, -0.15) is 0 Å². The van der Waals surface area contributed by atoms with Crippen LogP contribution in [0.3, 0.4) is 0 Å². The van der Waals surface area contributed by atoms with Crippen molar-refractivity contribution in [3.05, 3.63) is 35.2 Å². The first-order valence-electron chi connectivity index (χ1n) is 8.64. The molecule has 6 nitrogen and oxygen atoms in total. The highest BCUT2D eigenvalue weighted by molar-refractivity contribution is 5.94. The topological polar surface area (TPSA) is 72.4 Å². The Hall–Kier alpha value is -2.50. The smallest absolute Gasteiger partial charge is 0.338 e. The maximum Gasteiger partial charge on any atom is 0.338 e. The van der Waals surface area contributed by atoms with E-state index in [2.05, 4.69) is 16.9 Å². The molecule has 2 aromatic rings. The third kappa shape index (κ3) is 3.95. The number of hydrogen-bond donors (Lipinski definition) is 0. The number of piperidine rings is 1. The van der Waals surface area contributed by atoms with Crippen LogP contribution in [0.4, 0.5) is 0 Å². The Bertz CT molecular complexity index is 819. The molecule has 2 heterocycles. The SMILES string of the molecule is Cc1nc2ccc(C(=O)OCC(=O)N3CCC[C@H](C)C3)cc2nc1C. The Labute approximate surface area is 147 Å². The third-order valence-electron chi connectivity index (χ3n) is 4.65. The van der Waals surface area contributed by atoms with Gasteiger partial charge in [0.05, 0.1) is 28.0 Å². The zero-order chi connectivity index (χ0) is 18.0. The fraction of sp³-hybridized carbons (Fsp3) is 0.474. The van der Waals surface area contributed by atoms with E-state index in [0.717, 1.165) is 42.8 Å². The molecule has 0 radical (unpaired) electrons. The largest absolute Gasteiger partial charge is 0.452 e. The van der Waals surface area contributed by atoms with E-state index in [1.54, 1.807) is 23.1 Å². The van der Waals surface area contributed by atoms with Gasteiger partial charge in [-0.1, -0.05) is 6.92 Å². The average Bonchev–Trinajstić information content (AvgIpc) is 2.60. The monoisotopic (exact) mass is 341 g/mol. The summed E-state index contributed by atoms with van der Waals surface area (Å²) in [6.45, 7) is 7.17. The van der Waals surface area contributed by atoms with Crippen molar-refractivity contribution in [2.75, 3.05) is 19.7 Å². The Morgan fingerprint density at radius 2 is 1.92 bits per heavy atom. The zero-order valence-electron chi connectivity index (χ0n) is 14.9. The van der Waals surface area contributed by atoms with Gasteiger partial charge in [0.2, 0.25) is 0 Å². The Kier molecular flexibility index (Phi) is 4.97. The number of nitrogens with zero attached hydrogens (tertiary/aromatic N) is 3. The second-order valence-electron chi connectivity index (χ2n) is 6.76. The molecular formula is C19H23N3O3. The number of carbonyl (C=O) groups is 2. The molecule has 132 valence electrons. The van der Waals surface area contributed by atoms with Crippen molar-refractivity contribution >= 4 is 22.9 Å². The molecule has 1 atom stereocenters. The highest BCUT2D eigenvalue weighted by Crippen LogP contribution is 2.17. The summed E-state index contributed by atoms with van der Waals surface area (Å²) in [6.07, 6.45) is 2.14. The Morgan fingerprint density at radius 1 is 1.20 bits per heavy atom. The van der Waals surface area contributed by atoms with Crippen molar-refractivity contribution in [2.24, 2.45) is 5.92 Å². The Balaban J connectivity index is 1.65. The number of likely N-dealkylation sites (tertiary alicyclic amines) is 1. The fourth-order valence-electron chi connectivity index (χ4n) is 3.08. The molecule has 6 heteroatoms. The summed E-state index contributed by atoms with van der Waals surface area (Å²) in [5, 5.41) is 0. The van der Waals surface area contributed by atoms with Gasteiger partial charge >= 0.3 is 5.97 Å². The van der Waals surface area contributed by atoms with Gasteiger partial charge in [0, 0.05) is 13.1 Å². The molecule has 0 bridgehead atoms. The van der Waals surface area contributed by atoms with Gasteiger partial charge in [0.15, 0.2) is 6.61 Å². The first-order valence-corrected chi connectivity index (χ1v) is 8.64. The molecule has 25 heavy (non-hydrogen) atoms. The summed E-state index contributed by atoms with van der Waals surface area (Å²) < 4.78 is 5.20. The lowest BCUT2D eigenvalue weighted by Gasteiger charge is -2.30. The molecule has 0 spiro atoms. The van der Waals surface area contributed by atoms with E-state index in [9.17, 15) is 9.59 Å². The molecule has 0 N–H and O–H groups in total. The number of amides is 1. The highest BCUT2D eigenvalue weighted by Gasteiger charge is 2.22. The first-order chi connectivity index (χ1) is 11.9. The lowest BCUT2D eigenvalue weighted by atomic mass is 10.0. The van der Waals surface area contributed by atoms with E-state index in [1.165, 1.54) is 0 Å². The van der Waals surface area contributed by atoms with Crippen molar-refractivity contribution in [1.82, 2.24) is 14.9 Å². The predicted molar refractivity (Wildman–Crippen MR) is 94.3 cm³/mol. The average molecular weight is 341 g/mol. The minimum Gasteiger partial charge on any atom is -0.452 e. The maximum atomic E-state index is 12.3. The molecule has 1 aliphatic rings. The minimum atomic E-state index is -0.514. The molecular weight excluding hydrogens is 318 g/mol. The van der Waals surface area contributed by atoms with E-state index in [-0.39, 0.29) is 12.5 Å². The lowest BCUT2D eigenvalue weighted by Crippen LogP contribution is -2.41. The number of ether oxygens (including phenoxy) is 1. The van der Waals surface area contributed by atoms with Crippen LogP contribution in [-0.2, 0) is 9.53 Å². The molecule has 1 aromatic carbocycles. The number of aromatic nitrogens is 2. The molecule has 0 aliphatic carbocycles. The molecule has 3 rings (SSSR count). The highest BCUT2D eigenvalue weighted by atomic mass is 16.5. The lowest BCUT2D eigenvalue weighted by molar-refractivity contribution is -0.136. The molecule has 1 saturated heterocycles. The van der Waals surface area contributed by atoms with Gasteiger partial charge < -0.3 is 9.64 Å². The number of aryl methyl sites for hydroxylation is 2. The van der Waals surface area contributed by atoms with Gasteiger partial charge in [-0.3, -0.25) is 4.79 Å². The number of fused-ring (bicyclic) bond motifs is 1. The Morgan fingerprint density at radius 3 is 2.64 bits per heavy atom. The zero-order valence-corrected chi connectivity index (χ0v) is 14.9. The maximum absolute atomic E-state index is 12.3. The van der Waals surface area contributed by atoms with Gasteiger partial charge in [0.25, 0.3) is 5.91 Å². The number of rotatable bonds is 3. The molecule has 1 amide bonds. The van der Waals surface area contributed by atoms with Crippen LogP contribution >= 0.6 is 0 Å². The number of benzene rings is 1. The van der Waals surface area contributed by atoms with Crippen molar-refractivity contribution in [3.8, 4) is 0 Å².